The lowest BCUT2D eigenvalue weighted by Crippen LogP contribution is -2.12. The van der Waals surface area contributed by atoms with Gasteiger partial charge in [0.25, 0.3) is 6.43 Å². The van der Waals surface area contributed by atoms with E-state index in [4.69, 9.17) is 16.9 Å². The van der Waals surface area contributed by atoms with Crippen molar-refractivity contribution in [3.63, 3.8) is 0 Å². The molecule has 0 fully saturated rings. The molecule has 0 amide bonds. The summed E-state index contributed by atoms with van der Waals surface area (Å²) in [5.74, 6) is -0.898. The third kappa shape index (κ3) is 3.14. The number of carbonyl (C=O) groups is 1. The zero-order chi connectivity index (χ0) is 13.7. The minimum atomic E-state index is -2.82. The number of aromatic nitrogens is 1. The summed E-state index contributed by atoms with van der Waals surface area (Å²) in [6.45, 7) is 0. The van der Waals surface area contributed by atoms with Crippen LogP contribution in [-0.2, 0) is 21.8 Å². The largest absolute Gasteiger partial charge is 0.469 e. The Bertz CT molecular complexity index is 501. The molecule has 0 spiro atoms. The van der Waals surface area contributed by atoms with Crippen molar-refractivity contribution in [2.75, 3.05) is 7.11 Å². The molecular weight excluding hydrogens is 266 g/mol. The third-order valence-electron chi connectivity index (χ3n) is 2.24. The van der Waals surface area contributed by atoms with Crippen molar-refractivity contribution >= 4 is 17.6 Å². The van der Waals surface area contributed by atoms with Crippen LogP contribution < -0.4 is 0 Å². The van der Waals surface area contributed by atoms with E-state index in [1.165, 1.54) is 6.07 Å². The van der Waals surface area contributed by atoms with Crippen molar-refractivity contribution in [1.82, 2.24) is 4.98 Å². The van der Waals surface area contributed by atoms with Gasteiger partial charge in [0.1, 0.15) is 11.8 Å². The second kappa shape index (κ2) is 6.26. The van der Waals surface area contributed by atoms with Crippen molar-refractivity contribution in [3.05, 3.63) is 28.6 Å². The fourth-order valence-electron chi connectivity index (χ4n) is 1.44. The predicted molar refractivity (Wildman–Crippen MR) is 59.2 cm³/mol. The molecule has 7 heteroatoms. The lowest BCUT2D eigenvalue weighted by Gasteiger charge is -2.11. The molecule has 1 rings (SSSR count). The van der Waals surface area contributed by atoms with E-state index in [9.17, 15) is 13.6 Å². The van der Waals surface area contributed by atoms with Crippen LogP contribution in [0.4, 0.5) is 8.78 Å². The highest BCUT2D eigenvalue weighted by atomic mass is 35.5. The van der Waals surface area contributed by atoms with E-state index < -0.39 is 24.4 Å². The SMILES string of the molecule is COC(=O)Cc1nc(C#N)cc(CCl)c1C(F)F. The number of alkyl halides is 3. The Labute approximate surface area is 107 Å². The Morgan fingerprint density at radius 2 is 2.33 bits per heavy atom. The number of hydrogen-bond donors (Lipinski definition) is 0. The van der Waals surface area contributed by atoms with Crippen LogP contribution in [0.2, 0.25) is 0 Å². The zero-order valence-corrected chi connectivity index (χ0v) is 10.2. The number of nitriles is 1. The number of pyridine rings is 1. The molecule has 0 atom stereocenters. The maximum absolute atomic E-state index is 12.9. The van der Waals surface area contributed by atoms with Crippen molar-refractivity contribution < 1.29 is 18.3 Å². The molecule has 1 heterocycles. The Morgan fingerprint density at radius 1 is 1.67 bits per heavy atom. The minimum absolute atomic E-state index is 0.0612. The van der Waals surface area contributed by atoms with E-state index >= 15 is 0 Å². The van der Waals surface area contributed by atoms with E-state index in [-0.39, 0.29) is 22.8 Å². The highest BCUT2D eigenvalue weighted by molar-refractivity contribution is 6.17. The first-order valence-corrected chi connectivity index (χ1v) is 5.40. The second-order valence-corrected chi connectivity index (χ2v) is 3.59. The first-order chi connectivity index (χ1) is 8.53. The van der Waals surface area contributed by atoms with Crippen LogP contribution in [0.1, 0.15) is 28.9 Å². The number of methoxy groups -OCH3 is 1. The van der Waals surface area contributed by atoms with Crippen molar-refractivity contribution in [2.45, 2.75) is 18.7 Å². The molecule has 0 saturated carbocycles. The molecule has 0 aliphatic rings. The number of halogens is 3. The summed E-state index contributed by atoms with van der Waals surface area (Å²) < 4.78 is 30.3. The van der Waals surface area contributed by atoms with Gasteiger partial charge in [-0.25, -0.2) is 13.8 Å². The molecule has 96 valence electrons. The van der Waals surface area contributed by atoms with E-state index in [1.807, 2.05) is 0 Å². The molecule has 4 nitrogen and oxygen atoms in total. The van der Waals surface area contributed by atoms with Gasteiger partial charge in [-0.05, 0) is 11.6 Å². The average molecular weight is 275 g/mol. The Morgan fingerprint density at radius 3 is 2.78 bits per heavy atom. The average Bonchev–Trinajstić information content (AvgIpc) is 2.36. The molecule has 0 aliphatic carbocycles. The number of ether oxygens (including phenoxy) is 1. The fraction of sp³-hybridized carbons (Fsp3) is 0.364. The van der Waals surface area contributed by atoms with Crippen molar-refractivity contribution in [3.8, 4) is 6.07 Å². The molecule has 0 radical (unpaired) electrons. The summed E-state index contributed by atoms with van der Waals surface area (Å²) in [6, 6.07) is 2.92. The van der Waals surface area contributed by atoms with Crippen LogP contribution >= 0.6 is 11.6 Å². The minimum Gasteiger partial charge on any atom is -0.469 e. The summed E-state index contributed by atoms with van der Waals surface area (Å²) in [5.41, 5.74) is -0.549. The third-order valence-corrected chi connectivity index (χ3v) is 2.53. The van der Waals surface area contributed by atoms with Crippen LogP contribution in [-0.4, -0.2) is 18.1 Å². The number of esters is 1. The number of carbonyl (C=O) groups excluding carboxylic acids is 1. The molecular formula is C11H9ClF2N2O2. The van der Waals surface area contributed by atoms with Gasteiger partial charge >= 0.3 is 5.97 Å². The predicted octanol–water partition coefficient (Wildman–Crippen LogP) is 2.35. The zero-order valence-electron chi connectivity index (χ0n) is 9.41. The quantitative estimate of drug-likeness (QED) is 0.624. The van der Waals surface area contributed by atoms with Gasteiger partial charge in [0, 0.05) is 11.4 Å². The lowest BCUT2D eigenvalue weighted by atomic mass is 10.0. The summed E-state index contributed by atoms with van der Waals surface area (Å²) in [5, 5.41) is 8.74. The second-order valence-electron chi connectivity index (χ2n) is 3.33. The van der Waals surface area contributed by atoms with Gasteiger partial charge in [0.2, 0.25) is 0 Å². The van der Waals surface area contributed by atoms with E-state index in [2.05, 4.69) is 9.72 Å². The van der Waals surface area contributed by atoms with Crippen LogP contribution in [0.5, 0.6) is 0 Å². The highest BCUT2D eigenvalue weighted by Crippen LogP contribution is 2.28. The molecule has 0 saturated heterocycles. The van der Waals surface area contributed by atoms with Gasteiger partial charge in [-0.2, -0.15) is 5.26 Å². The molecule has 18 heavy (non-hydrogen) atoms. The molecule has 0 aliphatic heterocycles. The van der Waals surface area contributed by atoms with E-state index in [0.29, 0.717) is 0 Å². The smallest absolute Gasteiger partial charge is 0.311 e. The van der Waals surface area contributed by atoms with Gasteiger partial charge in [-0.3, -0.25) is 4.79 Å². The summed E-state index contributed by atoms with van der Waals surface area (Å²) in [7, 11) is 1.14. The Kier molecular flexibility index (Phi) is 4.98. The van der Waals surface area contributed by atoms with E-state index in [1.54, 1.807) is 6.07 Å². The summed E-state index contributed by atoms with van der Waals surface area (Å²) in [6.07, 6.45) is -3.24. The van der Waals surface area contributed by atoms with Gasteiger partial charge in [0.15, 0.2) is 0 Å². The Balaban J connectivity index is 3.35. The van der Waals surface area contributed by atoms with Crippen molar-refractivity contribution in [2.24, 2.45) is 0 Å². The Hall–Kier alpha value is -1.74. The van der Waals surface area contributed by atoms with Gasteiger partial charge < -0.3 is 4.74 Å². The lowest BCUT2D eigenvalue weighted by molar-refractivity contribution is -0.139. The first kappa shape index (κ1) is 14.3. The van der Waals surface area contributed by atoms with Crippen molar-refractivity contribution in [1.29, 1.82) is 5.26 Å². The highest BCUT2D eigenvalue weighted by Gasteiger charge is 2.22. The molecule has 0 bridgehead atoms. The van der Waals surface area contributed by atoms with Crippen LogP contribution in [0.15, 0.2) is 6.07 Å². The number of rotatable bonds is 4. The van der Waals surface area contributed by atoms with Crippen LogP contribution in [0, 0.1) is 11.3 Å². The first-order valence-electron chi connectivity index (χ1n) is 4.87. The fourth-order valence-corrected chi connectivity index (χ4v) is 1.66. The molecule has 0 N–H and O–H groups in total. The summed E-state index contributed by atoms with van der Waals surface area (Å²) >= 11 is 5.56. The maximum atomic E-state index is 12.9. The van der Waals surface area contributed by atoms with Gasteiger partial charge in [-0.15, -0.1) is 11.6 Å². The number of hydrogen-bond acceptors (Lipinski definition) is 4. The number of nitrogens with zero attached hydrogens (tertiary/aromatic N) is 2. The topological polar surface area (TPSA) is 63.0 Å². The van der Waals surface area contributed by atoms with Crippen LogP contribution in [0.3, 0.4) is 0 Å². The maximum Gasteiger partial charge on any atom is 0.311 e. The van der Waals surface area contributed by atoms with Gasteiger partial charge in [-0.1, -0.05) is 0 Å². The molecule has 0 unspecified atom stereocenters. The normalized spacial score (nSPS) is 10.2. The van der Waals surface area contributed by atoms with Gasteiger partial charge in [0.05, 0.1) is 19.2 Å². The summed E-state index contributed by atoms with van der Waals surface area (Å²) in [4.78, 5) is 14.8. The van der Waals surface area contributed by atoms with Crippen LogP contribution in [0.25, 0.3) is 0 Å². The molecule has 0 aromatic carbocycles. The standard InChI is InChI=1S/C11H9ClF2N2O2/c1-18-9(17)3-8-10(11(13)14)6(4-12)2-7(5-15)16-8/h2,11H,3-4H2,1H3. The molecule has 1 aromatic rings. The molecule has 1 aromatic heterocycles. The monoisotopic (exact) mass is 274 g/mol. The van der Waals surface area contributed by atoms with E-state index in [0.717, 1.165) is 7.11 Å².